The average Bonchev–Trinajstić information content (AvgIpc) is 3.05. The summed E-state index contributed by atoms with van der Waals surface area (Å²) in [6, 6.07) is 10.0. The molecule has 0 amide bonds. The summed E-state index contributed by atoms with van der Waals surface area (Å²) in [5, 5.41) is 19.1. The van der Waals surface area contributed by atoms with Gasteiger partial charge in [-0.2, -0.15) is 5.26 Å². The SMILES string of the molecule is Cc1ccccc1C(C#N)C(O)C1CC1. The Morgan fingerprint density at radius 2 is 2.07 bits per heavy atom. The third-order valence-electron chi connectivity index (χ3n) is 3.11. The first-order chi connectivity index (χ1) is 7.24. The third-order valence-corrected chi connectivity index (χ3v) is 3.11. The summed E-state index contributed by atoms with van der Waals surface area (Å²) >= 11 is 0. The third kappa shape index (κ3) is 2.03. The van der Waals surface area contributed by atoms with E-state index in [1.165, 1.54) is 0 Å². The van der Waals surface area contributed by atoms with Crippen LogP contribution in [0.15, 0.2) is 24.3 Å². The first kappa shape index (κ1) is 10.2. The second-order valence-corrected chi connectivity index (χ2v) is 4.29. The molecule has 1 N–H and O–H groups in total. The van der Waals surface area contributed by atoms with Crippen molar-refractivity contribution in [1.29, 1.82) is 5.26 Å². The van der Waals surface area contributed by atoms with Gasteiger partial charge in [-0.3, -0.25) is 0 Å². The minimum Gasteiger partial charge on any atom is -0.391 e. The Morgan fingerprint density at radius 1 is 1.40 bits per heavy atom. The highest BCUT2D eigenvalue weighted by molar-refractivity contribution is 5.34. The lowest BCUT2D eigenvalue weighted by molar-refractivity contribution is 0.138. The molecule has 0 saturated heterocycles. The Kier molecular flexibility index (Phi) is 2.75. The fraction of sp³-hybridized carbons (Fsp3) is 0.462. The van der Waals surface area contributed by atoms with Gasteiger partial charge in [0.2, 0.25) is 0 Å². The fourth-order valence-electron chi connectivity index (χ4n) is 1.98. The van der Waals surface area contributed by atoms with Gasteiger partial charge >= 0.3 is 0 Å². The van der Waals surface area contributed by atoms with Crippen LogP contribution in [-0.4, -0.2) is 11.2 Å². The van der Waals surface area contributed by atoms with E-state index in [4.69, 9.17) is 5.26 Å². The predicted octanol–water partition coefficient (Wildman–Crippen LogP) is 2.37. The Morgan fingerprint density at radius 3 is 2.60 bits per heavy atom. The molecule has 2 rings (SSSR count). The molecular weight excluding hydrogens is 186 g/mol. The molecule has 0 radical (unpaired) electrons. The molecule has 0 heterocycles. The van der Waals surface area contributed by atoms with Crippen LogP contribution in [0.4, 0.5) is 0 Å². The number of benzene rings is 1. The van der Waals surface area contributed by atoms with Crippen molar-refractivity contribution < 1.29 is 5.11 Å². The summed E-state index contributed by atoms with van der Waals surface area (Å²) in [5.74, 6) is -0.0204. The van der Waals surface area contributed by atoms with Gasteiger partial charge in [0.25, 0.3) is 0 Å². The van der Waals surface area contributed by atoms with E-state index < -0.39 is 6.10 Å². The van der Waals surface area contributed by atoms with Crippen molar-refractivity contribution in [2.24, 2.45) is 5.92 Å². The molecule has 0 aliphatic heterocycles. The van der Waals surface area contributed by atoms with Crippen molar-refractivity contribution in [2.75, 3.05) is 0 Å². The normalized spacial score (nSPS) is 19.3. The van der Waals surface area contributed by atoms with E-state index in [1.807, 2.05) is 31.2 Å². The van der Waals surface area contributed by atoms with Crippen LogP contribution in [0.3, 0.4) is 0 Å². The van der Waals surface area contributed by atoms with Crippen molar-refractivity contribution in [3.05, 3.63) is 35.4 Å². The van der Waals surface area contributed by atoms with Crippen LogP contribution in [-0.2, 0) is 0 Å². The zero-order chi connectivity index (χ0) is 10.8. The van der Waals surface area contributed by atoms with E-state index in [1.54, 1.807) is 0 Å². The van der Waals surface area contributed by atoms with Crippen LogP contribution < -0.4 is 0 Å². The molecule has 2 atom stereocenters. The second-order valence-electron chi connectivity index (χ2n) is 4.29. The molecule has 15 heavy (non-hydrogen) atoms. The summed E-state index contributed by atoms with van der Waals surface area (Å²) in [7, 11) is 0. The van der Waals surface area contributed by atoms with Gasteiger partial charge in [-0.05, 0) is 36.8 Å². The van der Waals surface area contributed by atoms with Crippen molar-refractivity contribution in [3.63, 3.8) is 0 Å². The van der Waals surface area contributed by atoms with E-state index in [0.717, 1.165) is 24.0 Å². The van der Waals surface area contributed by atoms with Crippen LogP contribution in [0.2, 0.25) is 0 Å². The van der Waals surface area contributed by atoms with Gasteiger partial charge in [0, 0.05) is 0 Å². The maximum absolute atomic E-state index is 10.0. The summed E-state index contributed by atoms with van der Waals surface area (Å²) in [6.07, 6.45) is 1.63. The molecule has 1 fully saturated rings. The Bertz CT molecular complexity index is 390. The molecule has 1 aliphatic carbocycles. The monoisotopic (exact) mass is 201 g/mol. The maximum atomic E-state index is 10.0. The standard InChI is InChI=1S/C13H15NO/c1-9-4-2-3-5-11(9)12(8-14)13(15)10-6-7-10/h2-5,10,12-13,15H,6-7H2,1H3. The second kappa shape index (κ2) is 4.04. The van der Waals surface area contributed by atoms with E-state index in [2.05, 4.69) is 6.07 Å². The fourth-order valence-corrected chi connectivity index (χ4v) is 1.98. The molecule has 0 spiro atoms. The molecule has 0 bridgehead atoms. The lowest BCUT2D eigenvalue weighted by atomic mass is 9.89. The predicted molar refractivity (Wildman–Crippen MR) is 58.3 cm³/mol. The number of aliphatic hydroxyl groups is 1. The summed E-state index contributed by atoms with van der Waals surface area (Å²) in [6.45, 7) is 1.99. The van der Waals surface area contributed by atoms with E-state index in [9.17, 15) is 5.11 Å². The van der Waals surface area contributed by atoms with Crippen LogP contribution >= 0.6 is 0 Å². The minimum atomic E-state index is -0.490. The highest BCUT2D eigenvalue weighted by Crippen LogP contribution is 2.39. The molecule has 1 aromatic carbocycles. The summed E-state index contributed by atoms with van der Waals surface area (Å²) in [4.78, 5) is 0. The molecule has 1 saturated carbocycles. The van der Waals surface area contributed by atoms with Gasteiger partial charge < -0.3 is 5.11 Å². The van der Waals surface area contributed by atoms with Crippen LogP contribution in [0.1, 0.15) is 29.9 Å². The lowest BCUT2D eigenvalue weighted by Crippen LogP contribution is -2.20. The molecule has 78 valence electrons. The van der Waals surface area contributed by atoms with Crippen molar-refractivity contribution in [3.8, 4) is 6.07 Å². The van der Waals surface area contributed by atoms with Crippen LogP contribution in [0.25, 0.3) is 0 Å². The molecular formula is C13H15NO. The lowest BCUT2D eigenvalue weighted by Gasteiger charge is -2.18. The van der Waals surface area contributed by atoms with Gasteiger partial charge in [-0.25, -0.2) is 0 Å². The van der Waals surface area contributed by atoms with Crippen molar-refractivity contribution in [1.82, 2.24) is 0 Å². The quantitative estimate of drug-likeness (QED) is 0.816. The number of nitrogens with zero attached hydrogens (tertiary/aromatic N) is 1. The van der Waals surface area contributed by atoms with Gasteiger partial charge in [0.05, 0.1) is 18.1 Å². The highest BCUT2D eigenvalue weighted by Gasteiger charge is 2.36. The van der Waals surface area contributed by atoms with Crippen molar-refractivity contribution in [2.45, 2.75) is 31.8 Å². The number of aryl methyl sites for hydroxylation is 1. The molecule has 0 aromatic heterocycles. The molecule has 1 aliphatic rings. The van der Waals surface area contributed by atoms with Gasteiger partial charge in [-0.15, -0.1) is 0 Å². The van der Waals surface area contributed by atoms with Gasteiger partial charge in [0.15, 0.2) is 0 Å². The minimum absolute atomic E-state index is 0.342. The molecule has 2 nitrogen and oxygen atoms in total. The summed E-state index contributed by atoms with van der Waals surface area (Å²) < 4.78 is 0. The van der Waals surface area contributed by atoms with Crippen molar-refractivity contribution >= 4 is 0 Å². The van der Waals surface area contributed by atoms with Crippen LogP contribution in [0.5, 0.6) is 0 Å². The van der Waals surface area contributed by atoms with E-state index in [-0.39, 0.29) is 5.92 Å². The Labute approximate surface area is 90.2 Å². The summed E-state index contributed by atoms with van der Waals surface area (Å²) in [5.41, 5.74) is 2.06. The molecule has 2 unspecified atom stereocenters. The Balaban J connectivity index is 2.26. The zero-order valence-corrected chi connectivity index (χ0v) is 8.85. The number of hydrogen-bond donors (Lipinski definition) is 1. The number of rotatable bonds is 3. The largest absolute Gasteiger partial charge is 0.391 e. The number of aliphatic hydroxyl groups excluding tert-OH is 1. The number of nitriles is 1. The number of hydrogen-bond acceptors (Lipinski definition) is 2. The smallest absolute Gasteiger partial charge is 0.0977 e. The van der Waals surface area contributed by atoms with Gasteiger partial charge in [-0.1, -0.05) is 24.3 Å². The van der Waals surface area contributed by atoms with Gasteiger partial charge in [0.1, 0.15) is 0 Å². The topological polar surface area (TPSA) is 44.0 Å². The maximum Gasteiger partial charge on any atom is 0.0977 e. The first-order valence-electron chi connectivity index (χ1n) is 5.37. The highest BCUT2D eigenvalue weighted by atomic mass is 16.3. The first-order valence-corrected chi connectivity index (χ1v) is 5.37. The zero-order valence-electron chi connectivity index (χ0n) is 8.85. The van der Waals surface area contributed by atoms with E-state index >= 15 is 0 Å². The average molecular weight is 201 g/mol. The Hall–Kier alpha value is -1.33. The molecule has 1 aromatic rings. The van der Waals surface area contributed by atoms with E-state index in [0.29, 0.717) is 5.92 Å². The molecule has 2 heteroatoms. The van der Waals surface area contributed by atoms with Crippen LogP contribution in [0, 0.1) is 24.2 Å².